The highest BCUT2D eigenvalue weighted by Gasteiger charge is 2.33. The first kappa shape index (κ1) is 16.6. The Morgan fingerprint density at radius 3 is 1.63 bits per heavy atom. The van der Waals surface area contributed by atoms with E-state index < -0.39 is 0 Å². The average Bonchev–Trinajstić information content (AvgIpc) is 3.07. The van der Waals surface area contributed by atoms with E-state index in [2.05, 4.69) is 22.1 Å². The molecule has 0 saturated carbocycles. The third-order valence-electron chi connectivity index (χ3n) is 4.45. The zero-order valence-electron chi connectivity index (χ0n) is 14.9. The molecule has 3 aromatic rings. The van der Waals surface area contributed by atoms with E-state index in [-0.39, 0.29) is 0 Å². The van der Waals surface area contributed by atoms with Gasteiger partial charge in [0, 0.05) is 12.4 Å². The van der Waals surface area contributed by atoms with Crippen LogP contribution >= 0.6 is 0 Å². The summed E-state index contributed by atoms with van der Waals surface area (Å²) in [5.74, 6) is 1.52. The van der Waals surface area contributed by atoms with Gasteiger partial charge in [-0.05, 0) is 49.2 Å². The number of fused-ring (bicyclic) bond motifs is 1. The maximum atomic E-state index is 9.09. The maximum absolute atomic E-state index is 9.09. The summed E-state index contributed by atoms with van der Waals surface area (Å²) in [7, 11) is 1.94. The molecule has 6 nitrogen and oxygen atoms in total. The molecule has 2 aromatic heterocycles. The van der Waals surface area contributed by atoms with Gasteiger partial charge in [0.15, 0.2) is 0 Å². The second-order valence-corrected chi connectivity index (χ2v) is 6.30. The highest BCUT2D eigenvalue weighted by molar-refractivity contribution is 6.55. The van der Waals surface area contributed by atoms with Crippen molar-refractivity contribution in [1.29, 1.82) is 10.5 Å². The molecule has 0 unspecified atom stereocenters. The van der Waals surface area contributed by atoms with Crippen LogP contribution in [0.2, 0.25) is 0 Å². The Labute approximate surface area is 158 Å². The van der Waals surface area contributed by atoms with E-state index in [1.165, 1.54) is 0 Å². The summed E-state index contributed by atoms with van der Waals surface area (Å²) in [4.78, 5) is 13.0. The normalized spacial score (nSPS) is 12.1. The first-order chi connectivity index (χ1) is 13.1. The molecule has 7 heteroatoms. The number of aromatic nitrogens is 2. The summed E-state index contributed by atoms with van der Waals surface area (Å²) in [6.45, 7) is 3.88. The Morgan fingerprint density at radius 1 is 0.815 bits per heavy atom. The molecule has 1 aromatic carbocycles. The fourth-order valence-corrected chi connectivity index (χ4v) is 3.21. The van der Waals surface area contributed by atoms with Crippen LogP contribution in [0.15, 0.2) is 48.8 Å². The van der Waals surface area contributed by atoms with Crippen molar-refractivity contribution in [3.05, 3.63) is 71.0 Å². The molecule has 4 rings (SSSR count). The number of para-hydroxylation sites is 2. The van der Waals surface area contributed by atoms with Gasteiger partial charge in [-0.25, -0.2) is 9.97 Å². The third kappa shape index (κ3) is 2.76. The molecule has 0 atom stereocenters. The molecule has 1 radical (unpaired) electrons. The number of nitrogens with zero attached hydrogens (tertiary/aromatic N) is 6. The van der Waals surface area contributed by atoms with Crippen LogP contribution < -0.4 is 9.62 Å². The van der Waals surface area contributed by atoms with Crippen LogP contribution in [-0.4, -0.2) is 17.5 Å². The van der Waals surface area contributed by atoms with Crippen molar-refractivity contribution >= 4 is 30.6 Å². The van der Waals surface area contributed by atoms with Crippen LogP contribution in [0.1, 0.15) is 22.3 Å². The first-order valence-corrected chi connectivity index (χ1v) is 8.38. The van der Waals surface area contributed by atoms with E-state index in [9.17, 15) is 0 Å². The second-order valence-electron chi connectivity index (χ2n) is 6.30. The predicted octanol–water partition coefficient (Wildman–Crippen LogP) is 3.66. The number of rotatable bonds is 2. The van der Waals surface area contributed by atoms with E-state index in [1.54, 1.807) is 12.4 Å². The Bertz CT molecular complexity index is 1040. The minimum absolute atomic E-state index is 0.533. The Balaban J connectivity index is 1.81. The lowest BCUT2D eigenvalue weighted by Crippen LogP contribution is -2.30. The number of hydrogen-bond donors (Lipinski definition) is 0. The Morgan fingerprint density at radius 2 is 1.26 bits per heavy atom. The zero-order valence-corrected chi connectivity index (χ0v) is 14.9. The van der Waals surface area contributed by atoms with E-state index >= 15 is 0 Å². The number of anilines is 4. The van der Waals surface area contributed by atoms with E-state index in [4.69, 9.17) is 10.5 Å². The Kier molecular flexibility index (Phi) is 3.99. The van der Waals surface area contributed by atoms with Crippen molar-refractivity contribution < 1.29 is 0 Å². The van der Waals surface area contributed by atoms with Gasteiger partial charge >= 0.3 is 7.55 Å². The van der Waals surface area contributed by atoms with E-state index in [0.717, 1.165) is 34.1 Å². The van der Waals surface area contributed by atoms with Gasteiger partial charge in [0.1, 0.15) is 23.8 Å². The van der Waals surface area contributed by atoms with Crippen LogP contribution in [0.5, 0.6) is 0 Å². The third-order valence-corrected chi connectivity index (χ3v) is 4.45. The van der Waals surface area contributed by atoms with Gasteiger partial charge in [-0.1, -0.05) is 12.1 Å². The van der Waals surface area contributed by atoms with Gasteiger partial charge in [-0.2, -0.15) is 10.5 Å². The molecule has 1 aliphatic heterocycles. The molecule has 27 heavy (non-hydrogen) atoms. The Hall–Kier alpha value is -3.84. The lowest BCUT2D eigenvalue weighted by atomic mass is 10.0. The molecular weight excluding hydrogens is 335 g/mol. The minimum atomic E-state index is 0.533. The summed E-state index contributed by atoms with van der Waals surface area (Å²) < 4.78 is 0. The van der Waals surface area contributed by atoms with Crippen molar-refractivity contribution in [1.82, 2.24) is 9.97 Å². The van der Waals surface area contributed by atoms with Crippen LogP contribution in [-0.2, 0) is 0 Å². The topological polar surface area (TPSA) is 79.8 Å². The summed E-state index contributed by atoms with van der Waals surface area (Å²) in [5.41, 5.74) is 4.83. The molecule has 0 saturated heterocycles. The van der Waals surface area contributed by atoms with Crippen LogP contribution in [0, 0.1) is 36.5 Å². The number of nitriles is 2. The van der Waals surface area contributed by atoms with E-state index in [1.807, 2.05) is 67.4 Å². The highest BCUT2D eigenvalue weighted by Crippen LogP contribution is 2.43. The summed E-state index contributed by atoms with van der Waals surface area (Å²) in [6.07, 6.45) is 3.15. The quantitative estimate of drug-likeness (QED) is 0.657. The summed E-state index contributed by atoms with van der Waals surface area (Å²) >= 11 is 0. The van der Waals surface area contributed by atoms with Crippen LogP contribution in [0.4, 0.5) is 23.0 Å². The molecule has 0 bridgehead atoms. The van der Waals surface area contributed by atoms with Crippen molar-refractivity contribution in [3.63, 3.8) is 0 Å². The van der Waals surface area contributed by atoms with Crippen molar-refractivity contribution in [2.75, 3.05) is 9.62 Å². The SMILES string of the molecule is Cc1cc(C#N)cnc1N1[B]N(c2ncc(C#N)cc2C)c2ccccc21. The number of aryl methyl sites for hydroxylation is 2. The van der Waals surface area contributed by atoms with Gasteiger partial charge in [0.2, 0.25) is 0 Å². The maximum Gasteiger partial charge on any atom is 0.403 e. The van der Waals surface area contributed by atoms with Gasteiger partial charge in [-0.15, -0.1) is 0 Å². The highest BCUT2D eigenvalue weighted by atomic mass is 15.3. The standard InChI is InChI=1S/C20H14BN6/c1-13-7-15(9-22)11-24-19(13)26-17-5-3-4-6-18(17)27(21-26)20-14(2)8-16(10-23)12-25-20/h3-8,11-12H,1-2H3. The van der Waals surface area contributed by atoms with Gasteiger partial charge in [0.25, 0.3) is 0 Å². The van der Waals surface area contributed by atoms with Crippen LogP contribution in [0.3, 0.4) is 0 Å². The zero-order chi connectivity index (χ0) is 19.0. The fraction of sp³-hybridized carbons (Fsp3) is 0.100. The molecule has 127 valence electrons. The van der Waals surface area contributed by atoms with Crippen LogP contribution in [0.25, 0.3) is 0 Å². The second kappa shape index (κ2) is 6.47. The van der Waals surface area contributed by atoms with Crippen molar-refractivity contribution in [3.8, 4) is 12.1 Å². The largest absolute Gasteiger partial charge is 0.403 e. The van der Waals surface area contributed by atoms with Gasteiger partial charge in [-0.3, -0.25) is 0 Å². The van der Waals surface area contributed by atoms with Gasteiger partial charge in [0.05, 0.1) is 22.5 Å². The monoisotopic (exact) mass is 349 g/mol. The fourth-order valence-electron chi connectivity index (χ4n) is 3.21. The molecule has 0 aliphatic carbocycles. The van der Waals surface area contributed by atoms with Crippen molar-refractivity contribution in [2.24, 2.45) is 0 Å². The number of pyridine rings is 2. The molecule has 1 aliphatic rings. The van der Waals surface area contributed by atoms with E-state index in [0.29, 0.717) is 11.1 Å². The average molecular weight is 349 g/mol. The molecule has 0 N–H and O–H groups in total. The summed E-state index contributed by atoms with van der Waals surface area (Å²) in [5, 5.41) is 18.2. The number of benzene rings is 1. The molecule has 3 heterocycles. The lowest BCUT2D eigenvalue weighted by Gasteiger charge is -2.21. The lowest BCUT2D eigenvalue weighted by molar-refractivity contribution is 1.18. The predicted molar refractivity (Wildman–Crippen MR) is 104 cm³/mol. The molecule has 0 fully saturated rings. The number of hydrogen-bond acceptors (Lipinski definition) is 6. The molecular formula is C20H14BN6. The molecule has 0 spiro atoms. The summed E-state index contributed by atoms with van der Waals surface area (Å²) in [6, 6.07) is 15.9. The minimum Gasteiger partial charge on any atom is -0.351 e. The smallest absolute Gasteiger partial charge is 0.351 e. The molecule has 0 amide bonds. The van der Waals surface area contributed by atoms with Crippen molar-refractivity contribution in [2.45, 2.75) is 13.8 Å². The first-order valence-electron chi connectivity index (χ1n) is 8.38. The van der Waals surface area contributed by atoms with Gasteiger partial charge < -0.3 is 9.62 Å².